The van der Waals surface area contributed by atoms with Crippen molar-refractivity contribution in [1.29, 1.82) is 0 Å². The van der Waals surface area contributed by atoms with Crippen LogP contribution >= 0.6 is 11.8 Å². The van der Waals surface area contributed by atoms with Crippen molar-refractivity contribution in [3.63, 3.8) is 0 Å². The predicted molar refractivity (Wildman–Crippen MR) is 197 cm³/mol. The summed E-state index contributed by atoms with van der Waals surface area (Å²) >= 11 is 1.22. The Morgan fingerprint density at radius 2 is 1.51 bits per heavy atom. The normalized spacial score (nSPS) is 18.6. The van der Waals surface area contributed by atoms with Crippen molar-refractivity contribution in [2.24, 2.45) is 0 Å². The average Bonchev–Trinajstić information content (AvgIpc) is 3.19. The minimum absolute atomic E-state index is 0.0836. The first-order valence-electron chi connectivity index (χ1n) is 17.3. The van der Waals surface area contributed by atoms with Crippen molar-refractivity contribution >= 4 is 59.2 Å². The lowest BCUT2D eigenvalue weighted by Gasteiger charge is -2.49. The van der Waals surface area contributed by atoms with Crippen LogP contribution in [-0.2, 0) is 38.2 Å². The number of nitrogens with zero attached hydrogens (tertiary/aromatic N) is 3. The quantitative estimate of drug-likeness (QED) is 0.111. The molecule has 2 fully saturated rings. The molecule has 286 valence electrons. The summed E-state index contributed by atoms with van der Waals surface area (Å²) in [4.78, 5) is 94.7. The van der Waals surface area contributed by atoms with Crippen molar-refractivity contribution in [1.82, 2.24) is 25.3 Å². The van der Waals surface area contributed by atoms with E-state index in [0.717, 1.165) is 4.90 Å². The van der Waals surface area contributed by atoms with E-state index in [1.54, 1.807) is 55.5 Å². The SMILES string of the molecule is CCN1CCN(C(=O)N[C@@H](C(=O)N[C@@H]2C(=O)N3C(OC(=O)OC(c4ccccc4)c4ccccc4)=C(COC(C)=O)CS[C@@H]23)c2ccc(N)cc2)C(=O)C1=O. The number of rotatable bonds is 11. The number of carbonyl (C=O) groups is 7. The zero-order chi connectivity index (χ0) is 39.2. The Kier molecular flexibility index (Phi) is 11.7. The van der Waals surface area contributed by atoms with Gasteiger partial charge in [0.15, 0.2) is 6.10 Å². The minimum atomic E-state index is -1.41. The maximum Gasteiger partial charge on any atom is 0.516 e. The van der Waals surface area contributed by atoms with Crippen molar-refractivity contribution in [3.05, 3.63) is 113 Å². The largest absolute Gasteiger partial charge is 0.516 e. The number of likely N-dealkylation sites (N-methyl/N-ethyl adjacent to an activating group) is 1. The second-order valence-corrected chi connectivity index (χ2v) is 13.8. The molecule has 3 aromatic carbocycles. The number of imide groups is 1. The first-order valence-corrected chi connectivity index (χ1v) is 18.4. The average molecular weight is 771 g/mol. The third kappa shape index (κ3) is 8.41. The Morgan fingerprint density at radius 3 is 2.11 bits per heavy atom. The third-order valence-electron chi connectivity index (χ3n) is 9.07. The summed E-state index contributed by atoms with van der Waals surface area (Å²) in [5.41, 5.74) is 8.18. The summed E-state index contributed by atoms with van der Waals surface area (Å²) in [5.74, 6) is -3.97. The number of urea groups is 1. The van der Waals surface area contributed by atoms with Crippen molar-refractivity contribution in [3.8, 4) is 0 Å². The Bertz CT molecular complexity index is 1970. The maximum atomic E-state index is 13.9. The molecule has 0 unspecified atom stereocenters. The zero-order valence-electron chi connectivity index (χ0n) is 29.8. The molecule has 4 N–H and O–H groups in total. The lowest BCUT2D eigenvalue weighted by molar-refractivity contribution is -0.153. The Labute approximate surface area is 319 Å². The molecule has 0 aliphatic carbocycles. The molecule has 3 heterocycles. The van der Waals surface area contributed by atoms with Crippen LogP contribution < -0.4 is 16.4 Å². The molecular formula is C38H38N6O10S. The van der Waals surface area contributed by atoms with Gasteiger partial charge in [-0.15, -0.1) is 11.8 Å². The number of anilines is 1. The van der Waals surface area contributed by atoms with Gasteiger partial charge in [0.2, 0.25) is 11.8 Å². The summed E-state index contributed by atoms with van der Waals surface area (Å²) in [5, 5.41) is 4.44. The summed E-state index contributed by atoms with van der Waals surface area (Å²) in [6.45, 7) is 2.98. The number of carbonyl (C=O) groups excluding carboxylic acids is 7. The van der Waals surface area contributed by atoms with Gasteiger partial charge >= 0.3 is 30.0 Å². The van der Waals surface area contributed by atoms with E-state index in [1.807, 2.05) is 12.1 Å². The van der Waals surface area contributed by atoms with Gasteiger partial charge in [-0.1, -0.05) is 72.8 Å². The molecule has 0 spiro atoms. The molecule has 3 aliphatic rings. The smallest absolute Gasteiger partial charge is 0.461 e. The van der Waals surface area contributed by atoms with Crippen molar-refractivity contribution < 1.29 is 47.8 Å². The highest BCUT2D eigenvalue weighted by atomic mass is 32.2. The summed E-state index contributed by atoms with van der Waals surface area (Å²) in [7, 11) is 0. The van der Waals surface area contributed by atoms with Crippen molar-refractivity contribution in [2.45, 2.75) is 37.4 Å². The molecule has 6 rings (SSSR count). The number of nitrogens with one attached hydrogen (secondary N) is 2. The van der Waals surface area contributed by atoms with E-state index >= 15 is 0 Å². The molecule has 6 amide bonds. The van der Waals surface area contributed by atoms with Gasteiger partial charge in [-0.3, -0.25) is 33.8 Å². The number of nitrogens with two attached hydrogens (primary N) is 1. The van der Waals surface area contributed by atoms with Crippen LogP contribution in [0.1, 0.15) is 42.7 Å². The van der Waals surface area contributed by atoms with Crippen molar-refractivity contribution in [2.75, 3.05) is 37.7 Å². The van der Waals surface area contributed by atoms with E-state index < -0.39 is 65.3 Å². The fraction of sp³-hybridized carbons (Fsp3) is 0.289. The minimum Gasteiger partial charge on any atom is -0.461 e. The number of thioether (sulfide) groups is 1. The Hall–Kier alpha value is -6.36. The lowest BCUT2D eigenvalue weighted by Crippen LogP contribution is -2.71. The van der Waals surface area contributed by atoms with Gasteiger partial charge in [-0.2, -0.15) is 0 Å². The summed E-state index contributed by atoms with van der Waals surface area (Å²) in [6, 6.07) is 20.5. The van der Waals surface area contributed by atoms with Gasteiger partial charge < -0.3 is 35.5 Å². The first-order chi connectivity index (χ1) is 26.5. The molecule has 3 aromatic rings. The van der Waals surface area contributed by atoms with Gasteiger partial charge in [0, 0.05) is 43.6 Å². The van der Waals surface area contributed by atoms with Gasteiger partial charge in [-0.25, -0.2) is 9.59 Å². The van der Waals surface area contributed by atoms with Crippen LogP contribution in [-0.4, -0.2) is 99.9 Å². The zero-order valence-corrected chi connectivity index (χ0v) is 30.7. The number of nitrogen functional groups attached to an aromatic ring is 1. The first kappa shape index (κ1) is 38.4. The number of hydrogen-bond acceptors (Lipinski definition) is 12. The number of piperazine rings is 1. The number of hydrogen-bond donors (Lipinski definition) is 3. The van der Waals surface area contributed by atoms with Crippen LogP contribution in [0, 0.1) is 0 Å². The van der Waals surface area contributed by atoms with Crippen LogP contribution in [0.5, 0.6) is 0 Å². The Morgan fingerprint density at radius 1 is 0.873 bits per heavy atom. The molecule has 2 saturated heterocycles. The highest BCUT2D eigenvalue weighted by Gasteiger charge is 2.55. The molecule has 3 aliphatic heterocycles. The van der Waals surface area contributed by atoms with Crippen LogP contribution in [0.15, 0.2) is 96.4 Å². The molecule has 16 nitrogen and oxygen atoms in total. The van der Waals surface area contributed by atoms with E-state index in [1.165, 1.54) is 52.8 Å². The number of benzene rings is 3. The molecular weight excluding hydrogens is 733 g/mol. The van der Waals surface area contributed by atoms with E-state index in [4.69, 9.17) is 19.9 Å². The highest BCUT2D eigenvalue weighted by molar-refractivity contribution is 8.00. The van der Waals surface area contributed by atoms with E-state index in [-0.39, 0.29) is 36.9 Å². The molecule has 0 radical (unpaired) electrons. The summed E-state index contributed by atoms with van der Waals surface area (Å²) < 4.78 is 16.7. The Balaban J connectivity index is 1.20. The molecule has 17 heteroatoms. The van der Waals surface area contributed by atoms with E-state index in [0.29, 0.717) is 28.9 Å². The summed E-state index contributed by atoms with van der Waals surface area (Å²) in [6.07, 6.45) is -1.98. The molecule has 3 atom stereocenters. The molecule has 0 bridgehead atoms. The van der Waals surface area contributed by atoms with Gasteiger partial charge in [0.1, 0.15) is 24.1 Å². The van der Waals surface area contributed by atoms with E-state index in [9.17, 15) is 33.6 Å². The molecule has 0 aromatic heterocycles. The second kappa shape index (κ2) is 16.8. The predicted octanol–water partition coefficient (Wildman–Crippen LogP) is 2.83. The third-order valence-corrected chi connectivity index (χ3v) is 10.4. The lowest BCUT2D eigenvalue weighted by atomic mass is 10.0. The number of amides is 6. The topological polar surface area (TPSA) is 207 Å². The standard InChI is InChI=1S/C38H38N6O10S/c1-3-42-18-19-43(34(49)33(42)48)37(50)41-28(23-14-16-27(39)17-15-23)31(46)40-29-32(47)44-35(26(20-52-22(2)45)21-55-36(29)44)54-38(51)53-30(24-10-6-4-7-11-24)25-12-8-5-9-13-25/h4-17,28-30,36H,3,18-21,39H2,1-2H3,(H,40,46)(H,41,50)/t28-,29-,36+/m1/s1. The highest BCUT2D eigenvalue weighted by Crippen LogP contribution is 2.41. The van der Waals surface area contributed by atoms with Gasteiger partial charge in [-0.05, 0) is 35.7 Å². The fourth-order valence-corrected chi connectivity index (χ4v) is 7.50. The van der Waals surface area contributed by atoms with Crippen LogP contribution in [0.4, 0.5) is 15.3 Å². The number of β-lactam (4-membered cyclic amide) rings is 1. The second-order valence-electron chi connectivity index (χ2n) is 12.6. The van der Waals surface area contributed by atoms with Gasteiger partial charge in [0.05, 0.1) is 0 Å². The van der Waals surface area contributed by atoms with E-state index in [2.05, 4.69) is 10.6 Å². The number of fused-ring (bicyclic) bond motifs is 1. The molecule has 55 heavy (non-hydrogen) atoms. The number of esters is 1. The maximum absolute atomic E-state index is 13.9. The van der Waals surface area contributed by atoms with Crippen LogP contribution in [0.25, 0.3) is 0 Å². The van der Waals surface area contributed by atoms with Crippen LogP contribution in [0.2, 0.25) is 0 Å². The monoisotopic (exact) mass is 770 g/mol. The fourth-order valence-electron chi connectivity index (χ4n) is 6.20. The van der Waals surface area contributed by atoms with Crippen LogP contribution in [0.3, 0.4) is 0 Å². The number of ether oxygens (including phenoxy) is 3. The van der Waals surface area contributed by atoms with Gasteiger partial charge in [0.25, 0.3) is 5.91 Å². The molecule has 0 saturated carbocycles.